The summed E-state index contributed by atoms with van der Waals surface area (Å²) < 4.78 is 0. The first kappa shape index (κ1) is 14.5. The molecule has 18 heavy (non-hydrogen) atoms. The predicted octanol–water partition coefficient (Wildman–Crippen LogP) is 1.99. The van der Waals surface area contributed by atoms with Crippen LogP contribution in [0, 0.1) is 0 Å². The molecule has 0 saturated heterocycles. The van der Waals surface area contributed by atoms with Crippen molar-refractivity contribution in [2.75, 3.05) is 13.1 Å². The lowest BCUT2D eigenvalue weighted by Crippen LogP contribution is -2.45. The zero-order valence-corrected chi connectivity index (χ0v) is 11.1. The van der Waals surface area contributed by atoms with E-state index in [1.807, 2.05) is 13.8 Å². The van der Waals surface area contributed by atoms with Gasteiger partial charge in [-0.15, -0.1) is 0 Å². The average molecular weight is 254 g/mol. The number of carbonyl (C=O) groups is 2. The third-order valence-electron chi connectivity index (χ3n) is 3.02. The molecular weight excluding hydrogens is 232 g/mol. The molecule has 0 fully saturated rings. The SMILES string of the molecule is CC1=CCCN(C(=O)NC(C)CCCC(=O)O)C1. The van der Waals surface area contributed by atoms with E-state index in [9.17, 15) is 9.59 Å². The predicted molar refractivity (Wildman–Crippen MR) is 69.4 cm³/mol. The number of urea groups is 1. The minimum Gasteiger partial charge on any atom is -0.481 e. The number of aliphatic carboxylic acids is 1. The van der Waals surface area contributed by atoms with Crippen molar-refractivity contribution in [3.05, 3.63) is 11.6 Å². The Hall–Kier alpha value is -1.52. The van der Waals surface area contributed by atoms with E-state index in [0.717, 1.165) is 13.0 Å². The summed E-state index contributed by atoms with van der Waals surface area (Å²) in [5.41, 5.74) is 1.22. The second-order valence-corrected chi connectivity index (χ2v) is 4.90. The molecule has 0 aliphatic carbocycles. The minimum atomic E-state index is -0.787. The van der Waals surface area contributed by atoms with E-state index < -0.39 is 5.97 Å². The summed E-state index contributed by atoms with van der Waals surface area (Å²) in [6.07, 6.45) is 4.51. The quantitative estimate of drug-likeness (QED) is 0.737. The number of nitrogens with one attached hydrogen (secondary N) is 1. The fraction of sp³-hybridized carbons (Fsp3) is 0.692. The molecule has 102 valence electrons. The van der Waals surface area contributed by atoms with E-state index in [4.69, 9.17) is 5.11 Å². The molecule has 0 aromatic heterocycles. The van der Waals surface area contributed by atoms with E-state index in [2.05, 4.69) is 11.4 Å². The maximum atomic E-state index is 11.9. The number of carboxylic acids is 1. The van der Waals surface area contributed by atoms with Gasteiger partial charge in [-0.1, -0.05) is 11.6 Å². The van der Waals surface area contributed by atoms with Crippen LogP contribution in [0.1, 0.15) is 39.5 Å². The van der Waals surface area contributed by atoms with Crippen LogP contribution in [0.4, 0.5) is 4.79 Å². The molecule has 0 aromatic rings. The van der Waals surface area contributed by atoms with Crippen LogP contribution in [0.5, 0.6) is 0 Å². The highest BCUT2D eigenvalue weighted by Crippen LogP contribution is 2.09. The van der Waals surface area contributed by atoms with Gasteiger partial charge < -0.3 is 15.3 Å². The molecule has 0 saturated carbocycles. The number of hydrogen-bond acceptors (Lipinski definition) is 2. The molecule has 1 aliphatic heterocycles. The Labute approximate surface area is 108 Å². The van der Waals surface area contributed by atoms with Gasteiger partial charge in [-0.05, 0) is 33.1 Å². The van der Waals surface area contributed by atoms with Crippen molar-refractivity contribution in [2.45, 2.75) is 45.6 Å². The Bertz CT molecular complexity index is 339. The molecule has 1 rings (SSSR count). The molecule has 1 aliphatic rings. The fourth-order valence-corrected chi connectivity index (χ4v) is 2.02. The second kappa shape index (κ2) is 7.03. The number of rotatable bonds is 5. The first-order valence-electron chi connectivity index (χ1n) is 6.42. The summed E-state index contributed by atoms with van der Waals surface area (Å²) in [4.78, 5) is 24.1. The zero-order valence-electron chi connectivity index (χ0n) is 11.1. The Morgan fingerprint density at radius 1 is 1.56 bits per heavy atom. The Morgan fingerprint density at radius 2 is 2.28 bits per heavy atom. The van der Waals surface area contributed by atoms with Gasteiger partial charge in [0, 0.05) is 25.6 Å². The standard InChI is InChI=1S/C13H22N2O3/c1-10-5-4-8-15(9-10)13(18)14-11(2)6-3-7-12(16)17/h5,11H,3-4,6-9H2,1-2H3,(H,14,18)(H,16,17). The van der Waals surface area contributed by atoms with Crippen LogP contribution in [0.25, 0.3) is 0 Å². The van der Waals surface area contributed by atoms with E-state index >= 15 is 0 Å². The van der Waals surface area contributed by atoms with Crippen molar-refractivity contribution in [3.8, 4) is 0 Å². The summed E-state index contributed by atoms with van der Waals surface area (Å²) in [7, 11) is 0. The largest absolute Gasteiger partial charge is 0.481 e. The number of nitrogens with zero attached hydrogens (tertiary/aromatic N) is 1. The van der Waals surface area contributed by atoms with Crippen molar-refractivity contribution in [1.82, 2.24) is 10.2 Å². The van der Waals surface area contributed by atoms with E-state index in [1.54, 1.807) is 4.90 Å². The molecule has 1 heterocycles. The molecule has 2 N–H and O–H groups in total. The molecule has 0 aromatic carbocycles. The zero-order chi connectivity index (χ0) is 13.5. The highest BCUT2D eigenvalue weighted by molar-refractivity contribution is 5.75. The van der Waals surface area contributed by atoms with E-state index in [0.29, 0.717) is 19.4 Å². The van der Waals surface area contributed by atoms with E-state index in [1.165, 1.54) is 5.57 Å². The van der Waals surface area contributed by atoms with Gasteiger partial charge in [0.25, 0.3) is 0 Å². The van der Waals surface area contributed by atoms with Gasteiger partial charge in [-0.25, -0.2) is 4.79 Å². The molecule has 0 bridgehead atoms. The second-order valence-electron chi connectivity index (χ2n) is 4.90. The first-order chi connectivity index (χ1) is 8.49. The molecule has 5 heteroatoms. The number of hydrogen-bond donors (Lipinski definition) is 2. The van der Waals surface area contributed by atoms with Gasteiger partial charge in [0.15, 0.2) is 0 Å². The summed E-state index contributed by atoms with van der Waals surface area (Å²) >= 11 is 0. The molecule has 2 amide bonds. The lowest BCUT2D eigenvalue weighted by molar-refractivity contribution is -0.137. The van der Waals surface area contributed by atoms with Crippen LogP contribution in [0.15, 0.2) is 11.6 Å². The summed E-state index contributed by atoms with van der Waals surface area (Å²) in [5, 5.41) is 11.5. The fourth-order valence-electron chi connectivity index (χ4n) is 2.02. The molecule has 5 nitrogen and oxygen atoms in total. The van der Waals surface area contributed by atoms with Gasteiger partial charge in [0.1, 0.15) is 0 Å². The van der Waals surface area contributed by atoms with Crippen LogP contribution < -0.4 is 5.32 Å². The monoisotopic (exact) mass is 254 g/mol. The van der Waals surface area contributed by atoms with Crippen LogP contribution >= 0.6 is 0 Å². The third kappa shape index (κ3) is 5.21. The number of amides is 2. The van der Waals surface area contributed by atoms with Crippen LogP contribution in [0.2, 0.25) is 0 Å². The van der Waals surface area contributed by atoms with Crippen molar-refractivity contribution in [1.29, 1.82) is 0 Å². The molecule has 0 spiro atoms. The summed E-state index contributed by atoms with van der Waals surface area (Å²) in [6, 6.07) is -0.0339. The normalized spacial score (nSPS) is 17.0. The Morgan fingerprint density at radius 3 is 2.89 bits per heavy atom. The lowest BCUT2D eigenvalue weighted by Gasteiger charge is -2.28. The van der Waals surface area contributed by atoms with Gasteiger partial charge in [-0.3, -0.25) is 4.79 Å². The van der Waals surface area contributed by atoms with E-state index in [-0.39, 0.29) is 18.5 Å². The maximum absolute atomic E-state index is 11.9. The van der Waals surface area contributed by atoms with Gasteiger partial charge in [-0.2, -0.15) is 0 Å². The number of carboxylic acid groups (broad SMARTS) is 1. The van der Waals surface area contributed by atoms with Crippen molar-refractivity contribution >= 4 is 12.0 Å². The maximum Gasteiger partial charge on any atom is 0.317 e. The molecule has 1 atom stereocenters. The smallest absolute Gasteiger partial charge is 0.317 e. The Kier molecular flexibility index (Phi) is 5.68. The summed E-state index contributed by atoms with van der Waals surface area (Å²) in [6.45, 7) is 5.38. The van der Waals surface area contributed by atoms with Crippen molar-refractivity contribution in [3.63, 3.8) is 0 Å². The van der Waals surface area contributed by atoms with Crippen LogP contribution in [-0.2, 0) is 4.79 Å². The van der Waals surface area contributed by atoms with Crippen LogP contribution in [0.3, 0.4) is 0 Å². The van der Waals surface area contributed by atoms with Crippen molar-refractivity contribution in [2.24, 2.45) is 0 Å². The molecule has 1 unspecified atom stereocenters. The first-order valence-corrected chi connectivity index (χ1v) is 6.42. The number of carbonyl (C=O) groups excluding carboxylic acids is 1. The summed E-state index contributed by atoms with van der Waals surface area (Å²) in [5.74, 6) is -0.787. The third-order valence-corrected chi connectivity index (χ3v) is 3.02. The topological polar surface area (TPSA) is 69.6 Å². The highest BCUT2D eigenvalue weighted by Gasteiger charge is 2.17. The lowest BCUT2D eigenvalue weighted by atomic mass is 10.1. The van der Waals surface area contributed by atoms with Gasteiger partial charge in [0.2, 0.25) is 0 Å². The minimum absolute atomic E-state index is 0.0167. The van der Waals surface area contributed by atoms with Crippen LogP contribution in [-0.4, -0.2) is 41.1 Å². The Balaban J connectivity index is 2.26. The average Bonchev–Trinajstić information content (AvgIpc) is 2.28. The molecule has 0 radical (unpaired) electrons. The van der Waals surface area contributed by atoms with Gasteiger partial charge >= 0.3 is 12.0 Å². The van der Waals surface area contributed by atoms with Gasteiger partial charge in [0.05, 0.1) is 0 Å². The van der Waals surface area contributed by atoms with Crippen molar-refractivity contribution < 1.29 is 14.7 Å². The highest BCUT2D eigenvalue weighted by atomic mass is 16.4. The molecular formula is C13H22N2O3.